The van der Waals surface area contributed by atoms with Crippen molar-refractivity contribution < 1.29 is 8.42 Å². The van der Waals surface area contributed by atoms with Crippen molar-refractivity contribution >= 4 is 15.7 Å². The molecule has 1 aliphatic carbocycles. The van der Waals surface area contributed by atoms with E-state index in [4.69, 9.17) is 0 Å². The molecule has 1 fully saturated rings. The van der Waals surface area contributed by atoms with Gasteiger partial charge in [-0.15, -0.1) is 0 Å². The van der Waals surface area contributed by atoms with Gasteiger partial charge in [-0.1, -0.05) is 37.5 Å². The number of anilines is 1. The number of sulfonamides is 1. The summed E-state index contributed by atoms with van der Waals surface area (Å²) in [6, 6.07) is 9.20. The highest BCUT2D eigenvalue weighted by atomic mass is 32.2. The normalized spacial score (nSPS) is 16.2. The van der Waals surface area contributed by atoms with Crippen molar-refractivity contribution in [2.24, 2.45) is 7.05 Å². The third kappa shape index (κ3) is 3.00. The van der Waals surface area contributed by atoms with Crippen LogP contribution in [0.5, 0.6) is 0 Å². The van der Waals surface area contributed by atoms with E-state index in [9.17, 15) is 13.2 Å². The van der Waals surface area contributed by atoms with Gasteiger partial charge in [0.2, 0.25) is 10.0 Å². The van der Waals surface area contributed by atoms with Crippen LogP contribution in [-0.4, -0.2) is 23.0 Å². The maximum Gasteiger partial charge on any atom is 0.296 e. The Balaban J connectivity index is 1.99. The Hall–Kier alpha value is -2.02. The first-order valence-corrected chi connectivity index (χ1v) is 9.82. The summed E-state index contributed by atoms with van der Waals surface area (Å²) in [6.45, 7) is 1.75. The molecule has 130 valence electrons. The van der Waals surface area contributed by atoms with E-state index in [1.54, 1.807) is 18.7 Å². The lowest BCUT2D eigenvalue weighted by Gasteiger charge is -2.22. The van der Waals surface area contributed by atoms with Crippen LogP contribution in [0.4, 0.5) is 5.69 Å². The van der Waals surface area contributed by atoms with Crippen LogP contribution in [0.3, 0.4) is 0 Å². The Bertz CT molecular complexity index is 876. The summed E-state index contributed by atoms with van der Waals surface area (Å²) in [4.78, 5) is 12.8. The predicted octanol–water partition coefficient (Wildman–Crippen LogP) is 2.56. The van der Waals surface area contributed by atoms with Crippen molar-refractivity contribution in [2.45, 2.75) is 44.3 Å². The van der Waals surface area contributed by atoms with Crippen LogP contribution in [0.25, 0.3) is 5.69 Å². The Morgan fingerprint density at radius 3 is 2.33 bits per heavy atom. The Morgan fingerprint density at radius 2 is 1.71 bits per heavy atom. The maximum absolute atomic E-state index is 12.8. The minimum Gasteiger partial charge on any atom is -0.283 e. The quantitative estimate of drug-likeness (QED) is 0.922. The summed E-state index contributed by atoms with van der Waals surface area (Å²) < 4.78 is 31.0. The van der Waals surface area contributed by atoms with Gasteiger partial charge in [-0.05, 0) is 31.9 Å². The second kappa shape index (κ2) is 6.47. The average Bonchev–Trinajstić information content (AvgIpc) is 2.80. The molecular weight excluding hydrogens is 326 g/mol. The van der Waals surface area contributed by atoms with Gasteiger partial charge < -0.3 is 0 Å². The van der Waals surface area contributed by atoms with Gasteiger partial charge in [0.05, 0.1) is 16.6 Å². The molecule has 1 saturated carbocycles. The molecule has 7 heteroatoms. The Morgan fingerprint density at radius 1 is 1.08 bits per heavy atom. The molecule has 24 heavy (non-hydrogen) atoms. The van der Waals surface area contributed by atoms with E-state index < -0.39 is 15.3 Å². The average molecular weight is 349 g/mol. The highest BCUT2D eigenvalue weighted by molar-refractivity contribution is 7.93. The van der Waals surface area contributed by atoms with Gasteiger partial charge in [-0.3, -0.25) is 14.2 Å². The molecule has 1 aromatic heterocycles. The van der Waals surface area contributed by atoms with E-state index in [0.29, 0.717) is 24.2 Å². The number of hydrogen-bond donors (Lipinski definition) is 1. The molecule has 0 atom stereocenters. The van der Waals surface area contributed by atoms with E-state index in [1.165, 1.54) is 4.68 Å². The van der Waals surface area contributed by atoms with Gasteiger partial charge in [0.1, 0.15) is 5.69 Å². The number of nitrogens with one attached hydrogen (secondary N) is 1. The van der Waals surface area contributed by atoms with E-state index in [-0.39, 0.29) is 11.2 Å². The fourth-order valence-electron chi connectivity index (χ4n) is 3.29. The molecule has 0 unspecified atom stereocenters. The maximum atomic E-state index is 12.8. The highest BCUT2D eigenvalue weighted by Gasteiger charge is 2.29. The van der Waals surface area contributed by atoms with Crippen molar-refractivity contribution in [1.82, 2.24) is 9.36 Å². The van der Waals surface area contributed by atoms with Gasteiger partial charge in [0, 0.05) is 7.05 Å². The Kier molecular flexibility index (Phi) is 4.54. The molecule has 0 spiro atoms. The molecule has 0 bridgehead atoms. The minimum atomic E-state index is -3.54. The standard InChI is InChI=1S/C17H23N3O3S/c1-13-16(18-24(22,23)15-11-7-4-8-12-15)17(21)20(19(13)2)14-9-5-3-6-10-14/h3,5-6,9-10,15,18H,4,7-8,11-12H2,1-2H3. The van der Waals surface area contributed by atoms with Gasteiger partial charge in [-0.25, -0.2) is 13.1 Å². The summed E-state index contributed by atoms with van der Waals surface area (Å²) in [5.41, 5.74) is 1.10. The van der Waals surface area contributed by atoms with Gasteiger partial charge in [0.25, 0.3) is 5.56 Å². The van der Waals surface area contributed by atoms with Crippen LogP contribution < -0.4 is 10.3 Å². The molecule has 6 nitrogen and oxygen atoms in total. The number of para-hydroxylation sites is 1. The summed E-state index contributed by atoms with van der Waals surface area (Å²) in [6.07, 6.45) is 4.25. The second-order valence-electron chi connectivity index (χ2n) is 6.34. The van der Waals surface area contributed by atoms with Gasteiger partial charge >= 0.3 is 0 Å². The molecule has 0 aliphatic heterocycles. The van der Waals surface area contributed by atoms with Crippen LogP contribution in [0.15, 0.2) is 35.1 Å². The topological polar surface area (TPSA) is 73.1 Å². The Labute approximate surface area is 142 Å². The molecule has 1 aromatic carbocycles. The fraction of sp³-hybridized carbons (Fsp3) is 0.471. The van der Waals surface area contributed by atoms with E-state index in [2.05, 4.69) is 4.72 Å². The zero-order valence-electron chi connectivity index (χ0n) is 14.0. The molecule has 0 radical (unpaired) electrons. The van der Waals surface area contributed by atoms with Crippen LogP contribution >= 0.6 is 0 Å². The zero-order valence-corrected chi connectivity index (χ0v) is 14.8. The zero-order chi connectivity index (χ0) is 17.3. The summed E-state index contributed by atoms with van der Waals surface area (Å²) in [5, 5.41) is -0.407. The monoisotopic (exact) mass is 349 g/mol. The lowest BCUT2D eigenvalue weighted by atomic mass is 10.0. The smallest absolute Gasteiger partial charge is 0.283 e. The minimum absolute atomic E-state index is 0.145. The van der Waals surface area contributed by atoms with Crippen LogP contribution in [0.1, 0.15) is 37.8 Å². The summed E-state index contributed by atoms with van der Waals surface area (Å²) in [5.74, 6) is 0. The molecule has 1 N–H and O–H groups in total. The molecule has 1 heterocycles. The summed E-state index contributed by atoms with van der Waals surface area (Å²) in [7, 11) is -1.79. The van der Waals surface area contributed by atoms with Crippen LogP contribution in [-0.2, 0) is 17.1 Å². The van der Waals surface area contributed by atoms with E-state index >= 15 is 0 Å². The van der Waals surface area contributed by atoms with Gasteiger partial charge in [-0.2, -0.15) is 0 Å². The van der Waals surface area contributed by atoms with Crippen LogP contribution in [0, 0.1) is 6.92 Å². The molecule has 0 amide bonds. The number of aromatic nitrogens is 2. The summed E-state index contributed by atoms with van der Waals surface area (Å²) >= 11 is 0. The third-order valence-corrected chi connectivity index (χ3v) is 6.63. The van der Waals surface area contributed by atoms with Crippen molar-refractivity contribution in [2.75, 3.05) is 4.72 Å². The first-order chi connectivity index (χ1) is 11.4. The molecular formula is C17H23N3O3S. The fourth-order valence-corrected chi connectivity index (χ4v) is 4.93. The molecule has 0 saturated heterocycles. The molecule has 2 aromatic rings. The van der Waals surface area contributed by atoms with Crippen LogP contribution in [0.2, 0.25) is 0 Å². The van der Waals surface area contributed by atoms with E-state index in [1.807, 2.05) is 30.3 Å². The molecule has 3 rings (SSSR count). The first-order valence-electron chi connectivity index (χ1n) is 8.27. The molecule has 1 aliphatic rings. The van der Waals surface area contributed by atoms with Crippen molar-refractivity contribution in [3.8, 4) is 5.69 Å². The number of benzene rings is 1. The van der Waals surface area contributed by atoms with Crippen molar-refractivity contribution in [1.29, 1.82) is 0 Å². The van der Waals surface area contributed by atoms with Gasteiger partial charge in [0.15, 0.2) is 0 Å². The number of nitrogens with zero attached hydrogens (tertiary/aromatic N) is 2. The first kappa shape index (κ1) is 16.8. The number of hydrogen-bond acceptors (Lipinski definition) is 3. The highest BCUT2D eigenvalue weighted by Crippen LogP contribution is 2.25. The SMILES string of the molecule is Cc1c(NS(=O)(=O)C2CCCCC2)c(=O)n(-c2ccccc2)n1C. The largest absolute Gasteiger partial charge is 0.296 e. The number of rotatable bonds is 4. The third-order valence-electron chi connectivity index (χ3n) is 4.79. The van der Waals surface area contributed by atoms with E-state index in [0.717, 1.165) is 19.3 Å². The van der Waals surface area contributed by atoms with Crippen molar-refractivity contribution in [3.63, 3.8) is 0 Å². The second-order valence-corrected chi connectivity index (χ2v) is 8.30. The van der Waals surface area contributed by atoms with Crippen molar-refractivity contribution in [3.05, 3.63) is 46.4 Å². The predicted molar refractivity (Wildman–Crippen MR) is 95.2 cm³/mol. The lowest BCUT2D eigenvalue weighted by Crippen LogP contribution is -2.32. The lowest BCUT2D eigenvalue weighted by molar-refractivity contribution is 0.486.